The molecule has 4 heteroatoms. The summed E-state index contributed by atoms with van der Waals surface area (Å²) in [5.41, 5.74) is 1.87. The fourth-order valence-corrected chi connectivity index (χ4v) is 2.18. The summed E-state index contributed by atoms with van der Waals surface area (Å²) < 4.78 is 0. The molecular weight excluding hydrogens is 240 g/mol. The van der Waals surface area contributed by atoms with E-state index < -0.39 is 0 Å². The molecule has 4 nitrogen and oxygen atoms in total. The Labute approximate surface area is 114 Å². The highest BCUT2D eigenvalue weighted by Crippen LogP contribution is 2.25. The van der Waals surface area contributed by atoms with E-state index in [4.69, 9.17) is 0 Å². The molecule has 0 saturated heterocycles. The van der Waals surface area contributed by atoms with Crippen LogP contribution in [0, 0.1) is 0 Å². The van der Waals surface area contributed by atoms with E-state index in [0.29, 0.717) is 12.6 Å². The number of nitrogens with zero attached hydrogens (tertiary/aromatic N) is 2. The highest BCUT2D eigenvalue weighted by molar-refractivity contribution is 5.81. The van der Waals surface area contributed by atoms with Crippen molar-refractivity contribution in [2.24, 2.45) is 0 Å². The summed E-state index contributed by atoms with van der Waals surface area (Å²) in [7, 11) is 1.89. The minimum atomic E-state index is 0.0291. The topological polar surface area (TPSA) is 43.8 Å². The fourth-order valence-electron chi connectivity index (χ4n) is 2.18. The van der Waals surface area contributed by atoms with Crippen molar-refractivity contribution >= 4 is 11.6 Å². The van der Waals surface area contributed by atoms with Crippen molar-refractivity contribution < 1.29 is 9.90 Å². The summed E-state index contributed by atoms with van der Waals surface area (Å²) in [4.78, 5) is 16.1. The summed E-state index contributed by atoms with van der Waals surface area (Å²) in [6.07, 6.45) is 2.27. The number of aliphatic hydroxyl groups excluding tert-OH is 1. The molecule has 1 saturated carbocycles. The molecule has 1 aliphatic carbocycles. The Hall–Kier alpha value is -1.55. The fraction of sp³-hybridized carbons (Fsp3) is 0.533. The second-order valence-corrected chi connectivity index (χ2v) is 5.08. The summed E-state index contributed by atoms with van der Waals surface area (Å²) >= 11 is 0. The zero-order valence-electron chi connectivity index (χ0n) is 11.7. The summed E-state index contributed by atoms with van der Waals surface area (Å²) in [5, 5.41) is 9.17. The van der Waals surface area contributed by atoms with Crippen LogP contribution >= 0.6 is 0 Å². The van der Waals surface area contributed by atoms with Crippen molar-refractivity contribution in [3.8, 4) is 0 Å². The number of hydrogen-bond donors (Lipinski definition) is 1. The van der Waals surface area contributed by atoms with Gasteiger partial charge in [-0.3, -0.25) is 4.79 Å². The van der Waals surface area contributed by atoms with Crippen molar-refractivity contribution in [3.05, 3.63) is 29.8 Å². The van der Waals surface area contributed by atoms with Crippen LogP contribution in [-0.2, 0) is 11.4 Å². The number of benzene rings is 1. The molecule has 0 radical (unpaired) electrons. The lowest BCUT2D eigenvalue weighted by Crippen LogP contribution is -2.39. The third-order valence-electron chi connectivity index (χ3n) is 3.65. The van der Waals surface area contributed by atoms with E-state index in [1.165, 1.54) is 0 Å². The van der Waals surface area contributed by atoms with Gasteiger partial charge in [-0.25, -0.2) is 0 Å². The smallest absolute Gasteiger partial charge is 0.242 e. The monoisotopic (exact) mass is 262 g/mol. The van der Waals surface area contributed by atoms with E-state index in [0.717, 1.165) is 30.6 Å². The van der Waals surface area contributed by atoms with Gasteiger partial charge in [0.05, 0.1) is 13.2 Å². The molecule has 19 heavy (non-hydrogen) atoms. The van der Waals surface area contributed by atoms with Crippen molar-refractivity contribution in [1.82, 2.24) is 4.90 Å². The Morgan fingerprint density at radius 1 is 1.42 bits per heavy atom. The van der Waals surface area contributed by atoms with E-state index in [2.05, 4.69) is 0 Å². The van der Waals surface area contributed by atoms with Crippen LogP contribution in [0.4, 0.5) is 5.69 Å². The van der Waals surface area contributed by atoms with E-state index >= 15 is 0 Å². The second-order valence-electron chi connectivity index (χ2n) is 5.08. The number of amides is 1. The molecule has 1 fully saturated rings. The normalized spacial score (nSPS) is 14.3. The largest absolute Gasteiger partial charge is 0.392 e. The molecule has 0 atom stereocenters. The standard InChI is InChI=1S/C15H22N2O2/c1-3-17(10-15(19)16(2)13-7-8-13)14-6-4-5-12(9-14)11-18/h4-6,9,13,18H,3,7-8,10-11H2,1-2H3. The van der Waals surface area contributed by atoms with Crippen molar-refractivity contribution in [3.63, 3.8) is 0 Å². The number of aliphatic hydroxyl groups is 1. The Kier molecular flexibility index (Phi) is 4.43. The van der Waals surface area contributed by atoms with E-state index in [9.17, 15) is 9.90 Å². The maximum atomic E-state index is 12.2. The molecule has 104 valence electrons. The molecule has 0 heterocycles. The third-order valence-corrected chi connectivity index (χ3v) is 3.65. The van der Waals surface area contributed by atoms with Crippen LogP contribution in [0.15, 0.2) is 24.3 Å². The first kappa shape index (κ1) is 13.9. The van der Waals surface area contributed by atoms with Gasteiger partial charge in [0.1, 0.15) is 0 Å². The predicted octanol–water partition coefficient (Wildman–Crippen LogP) is 1.63. The number of carbonyl (C=O) groups excluding carboxylic acids is 1. The van der Waals surface area contributed by atoms with Crippen molar-refractivity contribution in [2.45, 2.75) is 32.4 Å². The lowest BCUT2D eigenvalue weighted by atomic mass is 10.2. The Morgan fingerprint density at radius 2 is 2.16 bits per heavy atom. The van der Waals surface area contributed by atoms with Gasteiger partial charge in [-0.15, -0.1) is 0 Å². The molecule has 1 amide bonds. The van der Waals surface area contributed by atoms with Gasteiger partial charge in [0, 0.05) is 25.3 Å². The van der Waals surface area contributed by atoms with Crippen LogP contribution in [0.1, 0.15) is 25.3 Å². The minimum absolute atomic E-state index is 0.0291. The highest BCUT2D eigenvalue weighted by Gasteiger charge is 2.30. The molecule has 1 aromatic carbocycles. The first-order chi connectivity index (χ1) is 9.15. The predicted molar refractivity (Wildman–Crippen MR) is 76.0 cm³/mol. The molecule has 1 N–H and O–H groups in total. The first-order valence-corrected chi connectivity index (χ1v) is 6.86. The molecule has 1 aliphatic rings. The molecule has 2 rings (SSSR count). The molecule has 0 aromatic heterocycles. The van der Waals surface area contributed by atoms with Crippen molar-refractivity contribution in [2.75, 3.05) is 25.0 Å². The molecular formula is C15H22N2O2. The first-order valence-electron chi connectivity index (χ1n) is 6.86. The number of anilines is 1. The summed E-state index contributed by atoms with van der Waals surface area (Å²) in [5.74, 6) is 0.166. The van der Waals surface area contributed by atoms with E-state index in [-0.39, 0.29) is 12.5 Å². The van der Waals surface area contributed by atoms with E-state index in [1.807, 2.05) is 48.0 Å². The van der Waals surface area contributed by atoms with Gasteiger partial charge < -0.3 is 14.9 Å². The lowest BCUT2D eigenvalue weighted by molar-refractivity contribution is -0.128. The second kappa shape index (κ2) is 6.06. The van der Waals surface area contributed by atoms with Crippen molar-refractivity contribution in [1.29, 1.82) is 0 Å². The van der Waals surface area contributed by atoms with Gasteiger partial charge >= 0.3 is 0 Å². The van der Waals surface area contributed by atoms with Gasteiger partial charge in [0.15, 0.2) is 0 Å². The van der Waals surface area contributed by atoms with Crippen LogP contribution < -0.4 is 4.90 Å². The van der Waals surface area contributed by atoms with Crippen LogP contribution in [0.25, 0.3) is 0 Å². The Balaban J connectivity index is 2.04. The number of rotatable bonds is 6. The van der Waals surface area contributed by atoms with Gasteiger partial charge in [-0.1, -0.05) is 12.1 Å². The van der Waals surface area contributed by atoms with Crippen LogP contribution in [-0.4, -0.2) is 42.1 Å². The Bertz CT molecular complexity index is 444. The number of likely N-dealkylation sites (N-methyl/N-ethyl adjacent to an activating group) is 2. The van der Waals surface area contributed by atoms with Gasteiger partial charge in [-0.05, 0) is 37.5 Å². The molecule has 0 unspecified atom stereocenters. The number of hydrogen-bond acceptors (Lipinski definition) is 3. The summed E-state index contributed by atoms with van der Waals surface area (Å²) in [6, 6.07) is 8.17. The molecule has 1 aromatic rings. The van der Waals surface area contributed by atoms with Gasteiger partial charge in [0.25, 0.3) is 0 Å². The summed E-state index contributed by atoms with van der Waals surface area (Å²) in [6.45, 7) is 3.24. The third kappa shape index (κ3) is 3.47. The molecule has 0 aliphatic heterocycles. The molecule has 0 bridgehead atoms. The SMILES string of the molecule is CCN(CC(=O)N(C)C1CC1)c1cccc(CO)c1. The molecule has 0 spiro atoms. The highest BCUT2D eigenvalue weighted by atomic mass is 16.3. The van der Waals surface area contributed by atoms with Gasteiger partial charge in [0.2, 0.25) is 5.91 Å². The zero-order chi connectivity index (χ0) is 13.8. The van der Waals surface area contributed by atoms with E-state index in [1.54, 1.807) is 0 Å². The number of carbonyl (C=O) groups is 1. The van der Waals surface area contributed by atoms with Crippen LogP contribution in [0.5, 0.6) is 0 Å². The average molecular weight is 262 g/mol. The lowest BCUT2D eigenvalue weighted by Gasteiger charge is -2.26. The maximum absolute atomic E-state index is 12.2. The Morgan fingerprint density at radius 3 is 2.74 bits per heavy atom. The quantitative estimate of drug-likeness (QED) is 0.847. The minimum Gasteiger partial charge on any atom is -0.392 e. The maximum Gasteiger partial charge on any atom is 0.242 e. The van der Waals surface area contributed by atoms with Crippen LogP contribution in [0.2, 0.25) is 0 Å². The van der Waals surface area contributed by atoms with Gasteiger partial charge in [-0.2, -0.15) is 0 Å². The van der Waals surface area contributed by atoms with Crippen LogP contribution in [0.3, 0.4) is 0 Å². The average Bonchev–Trinajstić information content (AvgIpc) is 3.28. The zero-order valence-corrected chi connectivity index (χ0v) is 11.7.